The summed E-state index contributed by atoms with van der Waals surface area (Å²) in [5.41, 5.74) is 2.33. The zero-order valence-electron chi connectivity index (χ0n) is 13.8. The van der Waals surface area contributed by atoms with E-state index < -0.39 is 0 Å². The minimum Gasteiger partial charge on any atom is -0.489 e. The van der Waals surface area contributed by atoms with Crippen LogP contribution >= 0.6 is 11.6 Å². The lowest BCUT2D eigenvalue weighted by atomic mass is 10.0. The fourth-order valence-electron chi connectivity index (χ4n) is 1.93. The Morgan fingerprint density at radius 2 is 1.80 bits per heavy atom. The molecule has 0 aliphatic heterocycles. The van der Waals surface area contributed by atoms with E-state index in [0.29, 0.717) is 5.92 Å². The monoisotopic (exact) mass is 297 g/mol. The third-order valence-electron chi connectivity index (χ3n) is 3.16. The molecule has 1 aromatic rings. The van der Waals surface area contributed by atoms with Gasteiger partial charge in [-0.1, -0.05) is 25.4 Å². The molecule has 114 valence electrons. The third-order valence-corrected chi connectivity index (χ3v) is 3.57. The van der Waals surface area contributed by atoms with Gasteiger partial charge in [0.1, 0.15) is 11.9 Å². The lowest BCUT2D eigenvalue weighted by Gasteiger charge is -2.25. The van der Waals surface area contributed by atoms with Crippen LogP contribution in [0.4, 0.5) is 0 Å². The van der Waals surface area contributed by atoms with Crippen LogP contribution in [-0.4, -0.2) is 18.2 Å². The zero-order chi connectivity index (χ0) is 15.5. The highest BCUT2D eigenvalue weighted by molar-refractivity contribution is 6.31. The first kappa shape index (κ1) is 17.3. The fourth-order valence-corrected chi connectivity index (χ4v) is 2.10. The highest BCUT2D eigenvalue weighted by Crippen LogP contribution is 2.32. The Bertz CT molecular complexity index is 449. The minimum atomic E-state index is 0.106. The number of halogens is 1. The van der Waals surface area contributed by atoms with E-state index in [1.165, 1.54) is 5.56 Å². The summed E-state index contributed by atoms with van der Waals surface area (Å²) >= 11 is 6.22. The van der Waals surface area contributed by atoms with Gasteiger partial charge in [-0.25, -0.2) is 0 Å². The van der Waals surface area contributed by atoms with Gasteiger partial charge in [0.2, 0.25) is 0 Å². The summed E-state index contributed by atoms with van der Waals surface area (Å²) in [6.07, 6.45) is 0.118. The normalized spacial score (nSPS) is 13.7. The van der Waals surface area contributed by atoms with Crippen LogP contribution in [0.25, 0.3) is 0 Å². The van der Waals surface area contributed by atoms with Gasteiger partial charge >= 0.3 is 0 Å². The van der Waals surface area contributed by atoms with Gasteiger partial charge in [0.25, 0.3) is 0 Å². The van der Waals surface area contributed by atoms with E-state index >= 15 is 0 Å². The van der Waals surface area contributed by atoms with Crippen LogP contribution in [0.3, 0.4) is 0 Å². The number of hydrogen-bond acceptors (Lipinski definition) is 2. The second-order valence-electron chi connectivity index (χ2n) is 6.85. The Kier molecular flexibility index (Phi) is 5.91. The molecule has 1 atom stereocenters. The molecule has 20 heavy (non-hydrogen) atoms. The number of nitrogens with one attached hydrogen (secondary N) is 1. The molecule has 3 heteroatoms. The average molecular weight is 298 g/mol. The molecule has 1 N–H and O–H groups in total. The number of aryl methyl sites for hydroxylation is 1. The van der Waals surface area contributed by atoms with Gasteiger partial charge in [0.05, 0.1) is 0 Å². The van der Waals surface area contributed by atoms with Crippen molar-refractivity contribution >= 4 is 11.6 Å². The van der Waals surface area contributed by atoms with Gasteiger partial charge in [-0.3, -0.25) is 0 Å². The van der Waals surface area contributed by atoms with E-state index in [0.717, 1.165) is 22.9 Å². The summed E-state index contributed by atoms with van der Waals surface area (Å²) in [4.78, 5) is 0. The average Bonchev–Trinajstić information content (AvgIpc) is 2.29. The highest BCUT2D eigenvalue weighted by atomic mass is 35.5. The smallest absolute Gasteiger partial charge is 0.123 e. The van der Waals surface area contributed by atoms with Gasteiger partial charge in [0, 0.05) is 17.1 Å². The molecule has 0 aromatic heterocycles. The van der Waals surface area contributed by atoms with Crippen LogP contribution in [-0.2, 0) is 0 Å². The van der Waals surface area contributed by atoms with Gasteiger partial charge < -0.3 is 10.1 Å². The summed E-state index contributed by atoms with van der Waals surface area (Å²) in [6.45, 7) is 15.7. The fraction of sp³-hybridized carbons (Fsp3) is 0.647. The molecular weight excluding hydrogens is 270 g/mol. The Hall–Kier alpha value is -0.730. The second kappa shape index (κ2) is 6.82. The molecule has 0 spiro atoms. The first-order valence-corrected chi connectivity index (χ1v) is 7.69. The first-order chi connectivity index (χ1) is 9.10. The first-order valence-electron chi connectivity index (χ1n) is 7.32. The van der Waals surface area contributed by atoms with Crippen molar-refractivity contribution in [1.29, 1.82) is 0 Å². The summed E-state index contributed by atoms with van der Waals surface area (Å²) in [5, 5.41) is 4.27. The summed E-state index contributed by atoms with van der Waals surface area (Å²) < 4.78 is 6.12. The van der Waals surface area contributed by atoms with Crippen molar-refractivity contribution in [1.82, 2.24) is 5.32 Å². The van der Waals surface area contributed by atoms with Crippen molar-refractivity contribution in [2.45, 2.75) is 66.0 Å². The molecule has 0 amide bonds. The van der Waals surface area contributed by atoms with E-state index in [1.54, 1.807) is 0 Å². The topological polar surface area (TPSA) is 21.3 Å². The Labute approximate surface area is 128 Å². The van der Waals surface area contributed by atoms with E-state index in [1.807, 2.05) is 19.1 Å². The van der Waals surface area contributed by atoms with E-state index in [2.05, 4.69) is 46.9 Å². The lowest BCUT2D eigenvalue weighted by molar-refractivity contribution is 0.201. The van der Waals surface area contributed by atoms with Crippen LogP contribution in [0, 0.1) is 6.92 Å². The van der Waals surface area contributed by atoms with Crippen molar-refractivity contribution in [3.8, 4) is 5.75 Å². The SMILES string of the molecule is Cc1cc(OC(C)CNC(C)(C)C)c(C(C)C)cc1Cl. The van der Waals surface area contributed by atoms with Crippen molar-refractivity contribution in [2.24, 2.45) is 0 Å². The quantitative estimate of drug-likeness (QED) is 0.832. The third kappa shape index (κ3) is 5.34. The summed E-state index contributed by atoms with van der Waals surface area (Å²) in [7, 11) is 0. The molecule has 0 saturated heterocycles. The number of rotatable bonds is 5. The Morgan fingerprint density at radius 3 is 2.30 bits per heavy atom. The van der Waals surface area contributed by atoms with Crippen molar-refractivity contribution in [3.63, 3.8) is 0 Å². The maximum absolute atomic E-state index is 6.22. The van der Waals surface area contributed by atoms with E-state index in [4.69, 9.17) is 16.3 Å². The molecule has 0 saturated carbocycles. The molecule has 0 radical (unpaired) electrons. The summed E-state index contributed by atoms with van der Waals surface area (Å²) in [5.74, 6) is 1.34. The van der Waals surface area contributed by atoms with Crippen molar-refractivity contribution in [2.75, 3.05) is 6.54 Å². The predicted molar refractivity (Wildman–Crippen MR) is 88.1 cm³/mol. The summed E-state index contributed by atoms with van der Waals surface area (Å²) in [6, 6.07) is 4.08. The van der Waals surface area contributed by atoms with Crippen LogP contribution in [0.1, 0.15) is 58.6 Å². The van der Waals surface area contributed by atoms with Gasteiger partial charge in [-0.15, -0.1) is 0 Å². The molecule has 1 aromatic carbocycles. The van der Waals surface area contributed by atoms with Gasteiger partial charge in [-0.05, 0) is 63.8 Å². The second-order valence-corrected chi connectivity index (χ2v) is 7.26. The molecule has 0 bridgehead atoms. The predicted octanol–water partition coefficient (Wildman–Crippen LogP) is 4.93. The van der Waals surface area contributed by atoms with Crippen LogP contribution in [0.5, 0.6) is 5.75 Å². The molecular formula is C17H28ClNO. The van der Waals surface area contributed by atoms with Crippen LogP contribution < -0.4 is 10.1 Å². The van der Waals surface area contributed by atoms with Gasteiger partial charge in [0.15, 0.2) is 0 Å². The van der Waals surface area contributed by atoms with E-state index in [-0.39, 0.29) is 11.6 Å². The standard InChI is InChI=1S/C17H28ClNO/c1-11(2)14-9-15(18)12(3)8-16(14)20-13(4)10-19-17(5,6)7/h8-9,11,13,19H,10H2,1-7H3. The van der Waals surface area contributed by atoms with Crippen molar-refractivity contribution in [3.05, 3.63) is 28.3 Å². The van der Waals surface area contributed by atoms with Crippen molar-refractivity contribution < 1.29 is 4.74 Å². The molecule has 1 unspecified atom stereocenters. The number of hydrogen-bond donors (Lipinski definition) is 1. The maximum atomic E-state index is 6.22. The largest absolute Gasteiger partial charge is 0.489 e. The highest BCUT2D eigenvalue weighted by Gasteiger charge is 2.15. The van der Waals surface area contributed by atoms with Crippen LogP contribution in [0.15, 0.2) is 12.1 Å². The van der Waals surface area contributed by atoms with Gasteiger partial charge in [-0.2, -0.15) is 0 Å². The lowest BCUT2D eigenvalue weighted by Crippen LogP contribution is -2.41. The Morgan fingerprint density at radius 1 is 1.20 bits per heavy atom. The maximum Gasteiger partial charge on any atom is 0.123 e. The number of ether oxygens (including phenoxy) is 1. The Balaban J connectivity index is 2.83. The van der Waals surface area contributed by atoms with Crippen LogP contribution in [0.2, 0.25) is 5.02 Å². The molecule has 0 aliphatic rings. The molecule has 0 fully saturated rings. The molecule has 2 nitrogen and oxygen atoms in total. The molecule has 0 aliphatic carbocycles. The molecule has 1 rings (SSSR count). The molecule has 0 heterocycles. The minimum absolute atomic E-state index is 0.106. The zero-order valence-corrected chi connectivity index (χ0v) is 14.6. The number of benzene rings is 1. The van der Waals surface area contributed by atoms with E-state index in [9.17, 15) is 0 Å².